The van der Waals surface area contributed by atoms with E-state index in [1.54, 1.807) is 14.2 Å². The van der Waals surface area contributed by atoms with Gasteiger partial charge in [-0.3, -0.25) is 0 Å². The SMILES string of the molecule is COc1cc(CN(C)CC2CCCN2)c(OC)cc1Br. The number of ether oxygens (including phenoxy) is 2. The lowest BCUT2D eigenvalue weighted by Gasteiger charge is -2.22. The van der Waals surface area contributed by atoms with Gasteiger partial charge >= 0.3 is 0 Å². The molecule has 1 unspecified atom stereocenters. The highest BCUT2D eigenvalue weighted by atomic mass is 79.9. The quantitative estimate of drug-likeness (QED) is 0.861. The summed E-state index contributed by atoms with van der Waals surface area (Å²) < 4.78 is 11.8. The van der Waals surface area contributed by atoms with Crippen molar-refractivity contribution in [2.24, 2.45) is 0 Å². The van der Waals surface area contributed by atoms with Crippen LogP contribution in [-0.2, 0) is 6.54 Å². The second-order valence-electron chi connectivity index (χ2n) is 5.29. The van der Waals surface area contributed by atoms with E-state index in [2.05, 4.69) is 33.2 Å². The Morgan fingerprint density at radius 1 is 1.30 bits per heavy atom. The van der Waals surface area contributed by atoms with Gasteiger partial charge in [-0.05, 0) is 54.5 Å². The van der Waals surface area contributed by atoms with Crippen LogP contribution in [0.25, 0.3) is 0 Å². The van der Waals surface area contributed by atoms with E-state index in [1.165, 1.54) is 12.8 Å². The van der Waals surface area contributed by atoms with Crippen molar-refractivity contribution in [1.29, 1.82) is 0 Å². The maximum atomic E-state index is 5.47. The minimum absolute atomic E-state index is 0.614. The fourth-order valence-electron chi connectivity index (χ4n) is 2.69. The third kappa shape index (κ3) is 3.87. The van der Waals surface area contributed by atoms with Crippen molar-refractivity contribution >= 4 is 15.9 Å². The van der Waals surface area contributed by atoms with Crippen LogP contribution >= 0.6 is 15.9 Å². The first kappa shape index (κ1) is 15.6. The third-order valence-corrected chi connectivity index (χ3v) is 4.31. The molecular formula is C15H23BrN2O2. The maximum absolute atomic E-state index is 5.47. The van der Waals surface area contributed by atoms with Gasteiger partial charge in [0.15, 0.2) is 0 Å². The van der Waals surface area contributed by atoms with E-state index in [-0.39, 0.29) is 0 Å². The number of nitrogens with zero attached hydrogens (tertiary/aromatic N) is 1. The Morgan fingerprint density at radius 3 is 2.65 bits per heavy atom. The molecule has 0 saturated carbocycles. The van der Waals surface area contributed by atoms with E-state index < -0.39 is 0 Å². The maximum Gasteiger partial charge on any atom is 0.133 e. The van der Waals surface area contributed by atoms with Crippen LogP contribution in [0, 0.1) is 0 Å². The summed E-state index contributed by atoms with van der Waals surface area (Å²) >= 11 is 3.49. The van der Waals surface area contributed by atoms with Gasteiger partial charge in [-0.1, -0.05) is 0 Å². The van der Waals surface area contributed by atoms with Crippen molar-refractivity contribution in [3.05, 3.63) is 22.2 Å². The Morgan fingerprint density at radius 2 is 2.05 bits per heavy atom. The van der Waals surface area contributed by atoms with Gasteiger partial charge in [-0.25, -0.2) is 0 Å². The molecule has 0 aliphatic carbocycles. The summed E-state index contributed by atoms with van der Waals surface area (Å²) in [6.07, 6.45) is 2.55. The zero-order valence-electron chi connectivity index (χ0n) is 12.4. The highest BCUT2D eigenvalue weighted by Gasteiger charge is 2.17. The smallest absolute Gasteiger partial charge is 0.133 e. The molecule has 1 saturated heterocycles. The van der Waals surface area contributed by atoms with Gasteiger partial charge in [0, 0.05) is 24.7 Å². The van der Waals surface area contributed by atoms with Crippen molar-refractivity contribution in [2.75, 3.05) is 34.4 Å². The van der Waals surface area contributed by atoms with Crippen molar-refractivity contribution in [3.63, 3.8) is 0 Å². The number of rotatable bonds is 6. The van der Waals surface area contributed by atoms with Crippen molar-refractivity contribution in [1.82, 2.24) is 10.2 Å². The van der Waals surface area contributed by atoms with Crippen LogP contribution in [0.5, 0.6) is 11.5 Å². The van der Waals surface area contributed by atoms with E-state index in [9.17, 15) is 0 Å². The molecule has 0 radical (unpaired) electrons. The molecule has 2 rings (SSSR count). The molecule has 1 aliphatic heterocycles. The standard InChI is InChI=1S/C15H23BrN2O2/c1-18(10-12-5-4-6-17-12)9-11-7-15(20-3)13(16)8-14(11)19-2/h7-8,12,17H,4-6,9-10H2,1-3H3. The summed E-state index contributed by atoms with van der Waals surface area (Å²) in [5.74, 6) is 1.73. The van der Waals surface area contributed by atoms with Gasteiger partial charge in [0.25, 0.3) is 0 Å². The molecule has 5 heteroatoms. The first-order chi connectivity index (χ1) is 9.63. The van der Waals surface area contributed by atoms with Crippen LogP contribution in [0.15, 0.2) is 16.6 Å². The van der Waals surface area contributed by atoms with Gasteiger partial charge in [0.1, 0.15) is 11.5 Å². The van der Waals surface area contributed by atoms with Crippen LogP contribution < -0.4 is 14.8 Å². The highest BCUT2D eigenvalue weighted by Crippen LogP contribution is 2.33. The molecule has 0 aromatic heterocycles. The van der Waals surface area contributed by atoms with E-state index in [4.69, 9.17) is 9.47 Å². The van der Waals surface area contributed by atoms with Gasteiger partial charge in [0.05, 0.1) is 18.7 Å². The molecule has 4 nitrogen and oxygen atoms in total. The molecule has 1 aliphatic rings. The largest absolute Gasteiger partial charge is 0.496 e. The zero-order chi connectivity index (χ0) is 14.5. The summed E-state index contributed by atoms with van der Waals surface area (Å²) in [5.41, 5.74) is 1.15. The predicted molar refractivity (Wildman–Crippen MR) is 84.6 cm³/mol. The summed E-state index contributed by atoms with van der Waals surface area (Å²) in [7, 11) is 5.53. The van der Waals surface area contributed by atoms with Crippen molar-refractivity contribution in [3.8, 4) is 11.5 Å². The molecule has 0 bridgehead atoms. The Kier molecular flexibility index (Phi) is 5.69. The number of likely N-dealkylation sites (N-methyl/N-ethyl adjacent to an activating group) is 1. The van der Waals surface area contributed by atoms with Gasteiger partial charge in [-0.15, -0.1) is 0 Å². The monoisotopic (exact) mass is 342 g/mol. The molecule has 1 aromatic carbocycles. The molecule has 112 valence electrons. The summed E-state index contributed by atoms with van der Waals surface area (Å²) in [5, 5.41) is 3.53. The topological polar surface area (TPSA) is 33.7 Å². The Bertz CT molecular complexity index is 448. The van der Waals surface area contributed by atoms with Crippen molar-refractivity contribution < 1.29 is 9.47 Å². The summed E-state index contributed by atoms with van der Waals surface area (Å²) in [4.78, 5) is 2.33. The van der Waals surface area contributed by atoms with E-state index >= 15 is 0 Å². The van der Waals surface area contributed by atoms with Gasteiger partial charge in [-0.2, -0.15) is 0 Å². The van der Waals surface area contributed by atoms with Crippen LogP contribution in [0.4, 0.5) is 0 Å². The number of hydrogen-bond donors (Lipinski definition) is 1. The number of halogens is 1. The molecule has 1 heterocycles. The Labute approximate surface area is 129 Å². The Balaban J connectivity index is 2.06. The fourth-order valence-corrected chi connectivity index (χ4v) is 3.18. The van der Waals surface area contributed by atoms with E-state index in [1.807, 2.05) is 12.1 Å². The summed E-state index contributed by atoms with van der Waals surface area (Å²) in [6.45, 7) is 3.06. The molecular weight excluding hydrogens is 320 g/mol. The molecule has 1 fully saturated rings. The average molecular weight is 343 g/mol. The minimum Gasteiger partial charge on any atom is -0.496 e. The fraction of sp³-hybridized carbons (Fsp3) is 0.600. The van der Waals surface area contributed by atoms with E-state index in [0.29, 0.717) is 6.04 Å². The second-order valence-corrected chi connectivity index (χ2v) is 6.14. The van der Waals surface area contributed by atoms with Gasteiger partial charge in [0.2, 0.25) is 0 Å². The molecule has 1 N–H and O–H groups in total. The molecule has 0 spiro atoms. The first-order valence-corrected chi connectivity index (χ1v) is 7.75. The van der Waals surface area contributed by atoms with Crippen LogP contribution in [0.3, 0.4) is 0 Å². The van der Waals surface area contributed by atoms with Gasteiger partial charge < -0.3 is 19.7 Å². The third-order valence-electron chi connectivity index (χ3n) is 3.69. The lowest BCUT2D eigenvalue weighted by atomic mass is 10.1. The minimum atomic E-state index is 0.614. The summed E-state index contributed by atoms with van der Waals surface area (Å²) in [6, 6.07) is 4.63. The zero-order valence-corrected chi connectivity index (χ0v) is 14.0. The van der Waals surface area contributed by atoms with E-state index in [0.717, 1.165) is 41.2 Å². The highest BCUT2D eigenvalue weighted by molar-refractivity contribution is 9.10. The number of hydrogen-bond acceptors (Lipinski definition) is 4. The number of methoxy groups -OCH3 is 2. The number of nitrogens with one attached hydrogen (secondary N) is 1. The molecule has 0 amide bonds. The molecule has 1 atom stereocenters. The van der Waals surface area contributed by atoms with Crippen LogP contribution in [0.1, 0.15) is 18.4 Å². The average Bonchev–Trinajstić information content (AvgIpc) is 2.92. The van der Waals surface area contributed by atoms with Crippen LogP contribution in [0.2, 0.25) is 0 Å². The van der Waals surface area contributed by atoms with Crippen LogP contribution in [-0.4, -0.2) is 45.3 Å². The van der Waals surface area contributed by atoms with Crippen molar-refractivity contribution in [2.45, 2.75) is 25.4 Å². The lowest BCUT2D eigenvalue weighted by molar-refractivity contribution is 0.286. The lowest BCUT2D eigenvalue weighted by Crippen LogP contribution is -2.35. The predicted octanol–water partition coefficient (Wildman–Crippen LogP) is 2.65. The normalized spacial score (nSPS) is 18.6. The Hall–Kier alpha value is -0.780. The second kappa shape index (κ2) is 7.29. The number of benzene rings is 1. The molecule has 20 heavy (non-hydrogen) atoms. The first-order valence-electron chi connectivity index (χ1n) is 6.96. The molecule has 1 aromatic rings.